The molecule has 1 aromatic rings. The molecule has 0 amide bonds. The minimum absolute atomic E-state index is 0.604. The molecular formula is C18H30N6. The lowest BCUT2D eigenvalue weighted by Crippen LogP contribution is -2.41. The van der Waals surface area contributed by atoms with Crippen molar-refractivity contribution in [3.63, 3.8) is 0 Å². The molecular weight excluding hydrogens is 300 g/mol. The molecule has 0 saturated carbocycles. The summed E-state index contributed by atoms with van der Waals surface area (Å²) in [5, 5.41) is 15.4. The highest BCUT2D eigenvalue weighted by Crippen LogP contribution is 2.20. The first kappa shape index (κ1) is 17.0. The van der Waals surface area contributed by atoms with Crippen LogP contribution in [0.3, 0.4) is 0 Å². The molecule has 1 aliphatic heterocycles. The zero-order valence-electron chi connectivity index (χ0n) is 15.0. The molecule has 3 rings (SSSR count). The predicted molar refractivity (Wildman–Crippen MR) is 97.1 cm³/mol. The Morgan fingerprint density at radius 1 is 1.29 bits per heavy atom. The van der Waals surface area contributed by atoms with E-state index < -0.39 is 0 Å². The van der Waals surface area contributed by atoms with Gasteiger partial charge in [0.15, 0.2) is 5.96 Å². The smallest absolute Gasteiger partial charge is 0.190 e. The van der Waals surface area contributed by atoms with Gasteiger partial charge in [-0.25, -0.2) is 0 Å². The zero-order chi connectivity index (χ0) is 16.8. The average Bonchev–Trinajstić information content (AvgIpc) is 2.99. The summed E-state index contributed by atoms with van der Waals surface area (Å²) in [6.07, 6.45) is 11.0. The Bertz CT molecular complexity index is 601. The van der Waals surface area contributed by atoms with E-state index in [1.54, 1.807) is 5.57 Å². The summed E-state index contributed by atoms with van der Waals surface area (Å²) in [4.78, 5) is 4.35. The molecule has 2 N–H and O–H groups in total. The first-order chi connectivity index (χ1) is 11.8. The van der Waals surface area contributed by atoms with Crippen LogP contribution in [-0.2, 0) is 13.0 Å². The van der Waals surface area contributed by atoms with Crippen LogP contribution in [0, 0.1) is 12.8 Å². The van der Waals surface area contributed by atoms with Crippen molar-refractivity contribution in [1.82, 2.24) is 25.4 Å². The van der Waals surface area contributed by atoms with E-state index in [4.69, 9.17) is 0 Å². The van der Waals surface area contributed by atoms with E-state index in [0.29, 0.717) is 5.92 Å². The minimum Gasteiger partial charge on any atom is -0.356 e. The lowest BCUT2D eigenvalue weighted by atomic mass is 9.97. The summed E-state index contributed by atoms with van der Waals surface area (Å²) in [5.41, 5.74) is 1.60. The molecule has 0 radical (unpaired) electrons. The highest BCUT2D eigenvalue weighted by Gasteiger charge is 2.21. The Morgan fingerprint density at radius 3 is 3.00 bits per heavy atom. The first-order valence-electron chi connectivity index (χ1n) is 9.27. The van der Waals surface area contributed by atoms with E-state index in [-0.39, 0.29) is 0 Å². The van der Waals surface area contributed by atoms with Crippen LogP contribution < -0.4 is 10.6 Å². The number of aryl methyl sites for hydroxylation is 2. The molecule has 24 heavy (non-hydrogen) atoms. The van der Waals surface area contributed by atoms with Crippen LogP contribution in [0.1, 0.15) is 50.2 Å². The largest absolute Gasteiger partial charge is 0.356 e. The first-order valence-corrected chi connectivity index (χ1v) is 9.27. The third-order valence-corrected chi connectivity index (χ3v) is 5.13. The van der Waals surface area contributed by atoms with Gasteiger partial charge in [-0.15, -0.1) is 10.2 Å². The van der Waals surface area contributed by atoms with Crippen LogP contribution in [0.5, 0.6) is 0 Å². The molecule has 1 atom stereocenters. The molecule has 0 fully saturated rings. The van der Waals surface area contributed by atoms with Crippen LogP contribution in [0.2, 0.25) is 0 Å². The van der Waals surface area contributed by atoms with E-state index in [2.05, 4.69) is 36.5 Å². The number of aromatic nitrogens is 3. The number of allylic oxidation sites excluding steroid dienone is 1. The SMILES string of the molecule is CN=C(NCCC1=CCCCC1)NCC1CCc2nnc(C)n2C1. The van der Waals surface area contributed by atoms with Gasteiger partial charge in [0.2, 0.25) is 0 Å². The highest BCUT2D eigenvalue weighted by molar-refractivity contribution is 5.79. The van der Waals surface area contributed by atoms with Gasteiger partial charge in [-0.3, -0.25) is 4.99 Å². The summed E-state index contributed by atoms with van der Waals surface area (Å²) in [6, 6.07) is 0. The minimum atomic E-state index is 0.604. The molecule has 0 aromatic carbocycles. The van der Waals surface area contributed by atoms with Crippen LogP contribution in [-0.4, -0.2) is 40.9 Å². The summed E-state index contributed by atoms with van der Waals surface area (Å²) in [5.74, 6) is 3.68. The molecule has 0 saturated heterocycles. The van der Waals surface area contributed by atoms with Gasteiger partial charge in [0.1, 0.15) is 11.6 Å². The third kappa shape index (κ3) is 4.36. The van der Waals surface area contributed by atoms with Gasteiger partial charge in [0, 0.05) is 33.1 Å². The Balaban J connectivity index is 1.40. The van der Waals surface area contributed by atoms with E-state index in [0.717, 1.165) is 56.5 Å². The summed E-state index contributed by atoms with van der Waals surface area (Å²) >= 11 is 0. The van der Waals surface area contributed by atoms with Gasteiger partial charge in [-0.2, -0.15) is 0 Å². The Labute approximate surface area is 144 Å². The molecule has 0 spiro atoms. The van der Waals surface area contributed by atoms with E-state index in [9.17, 15) is 0 Å². The molecule has 6 heteroatoms. The van der Waals surface area contributed by atoms with Crippen molar-refractivity contribution in [3.8, 4) is 0 Å². The normalized spacial score (nSPS) is 21.2. The monoisotopic (exact) mass is 330 g/mol. The van der Waals surface area contributed by atoms with Crippen molar-refractivity contribution in [2.24, 2.45) is 10.9 Å². The molecule has 1 aromatic heterocycles. The topological polar surface area (TPSA) is 67.1 Å². The fourth-order valence-electron chi connectivity index (χ4n) is 3.63. The van der Waals surface area contributed by atoms with E-state index >= 15 is 0 Å². The number of hydrogen-bond acceptors (Lipinski definition) is 3. The fraction of sp³-hybridized carbons (Fsp3) is 0.722. The number of nitrogens with zero attached hydrogens (tertiary/aromatic N) is 4. The Kier molecular flexibility index (Phi) is 5.88. The van der Waals surface area contributed by atoms with Crippen molar-refractivity contribution < 1.29 is 0 Å². The number of aliphatic imine (C=N–C) groups is 1. The third-order valence-electron chi connectivity index (χ3n) is 5.13. The van der Waals surface area contributed by atoms with Gasteiger partial charge in [0.05, 0.1) is 0 Å². The summed E-state index contributed by atoms with van der Waals surface area (Å²) < 4.78 is 2.25. The lowest BCUT2D eigenvalue weighted by molar-refractivity contribution is 0.358. The second-order valence-corrected chi connectivity index (χ2v) is 6.92. The van der Waals surface area contributed by atoms with Gasteiger partial charge in [-0.1, -0.05) is 11.6 Å². The molecule has 1 aliphatic carbocycles. The molecule has 2 aliphatic rings. The number of nitrogens with one attached hydrogen (secondary N) is 2. The number of rotatable bonds is 5. The maximum Gasteiger partial charge on any atom is 0.190 e. The van der Waals surface area contributed by atoms with Gasteiger partial charge in [0.25, 0.3) is 0 Å². The molecule has 0 bridgehead atoms. The molecule has 2 heterocycles. The van der Waals surface area contributed by atoms with Crippen molar-refractivity contribution in [2.75, 3.05) is 20.1 Å². The van der Waals surface area contributed by atoms with Crippen LogP contribution >= 0.6 is 0 Å². The molecule has 1 unspecified atom stereocenters. The van der Waals surface area contributed by atoms with E-state index in [1.807, 2.05) is 14.0 Å². The van der Waals surface area contributed by atoms with Crippen LogP contribution in [0.4, 0.5) is 0 Å². The maximum atomic E-state index is 4.35. The number of hydrogen-bond donors (Lipinski definition) is 2. The average molecular weight is 330 g/mol. The summed E-state index contributed by atoms with van der Waals surface area (Å²) in [7, 11) is 1.85. The van der Waals surface area contributed by atoms with Gasteiger partial charge < -0.3 is 15.2 Å². The standard InChI is InChI=1S/C18H30N6/c1-14-22-23-17-9-8-16(13-24(14)17)12-21-18(19-2)20-11-10-15-6-4-3-5-7-15/h6,16H,3-5,7-13H2,1-2H3,(H2,19,20,21). The fourth-order valence-corrected chi connectivity index (χ4v) is 3.63. The highest BCUT2D eigenvalue weighted by atomic mass is 15.3. The predicted octanol–water partition coefficient (Wildman–Crippen LogP) is 2.20. The quantitative estimate of drug-likeness (QED) is 0.493. The van der Waals surface area contributed by atoms with Gasteiger partial charge >= 0.3 is 0 Å². The van der Waals surface area contributed by atoms with Crippen molar-refractivity contribution in [1.29, 1.82) is 0 Å². The number of guanidine groups is 1. The van der Waals surface area contributed by atoms with Crippen LogP contribution in [0.25, 0.3) is 0 Å². The Morgan fingerprint density at radius 2 is 2.21 bits per heavy atom. The number of fused-ring (bicyclic) bond motifs is 1. The summed E-state index contributed by atoms with van der Waals surface area (Å²) in [6.45, 7) is 4.95. The lowest BCUT2D eigenvalue weighted by Gasteiger charge is -2.25. The molecule has 132 valence electrons. The maximum absolute atomic E-state index is 4.35. The van der Waals surface area contributed by atoms with E-state index in [1.165, 1.54) is 25.7 Å². The van der Waals surface area contributed by atoms with Crippen molar-refractivity contribution in [3.05, 3.63) is 23.3 Å². The van der Waals surface area contributed by atoms with Gasteiger partial charge in [-0.05, 0) is 51.4 Å². The van der Waals surface area contributed by atoms with Crippen molar-refractivity contribution in [2.45, 2.75) is 58.4 Å². The second-order valence-electron chi connectivity index (χ2n) is 6.92. The Hall–Kier alpha value is -1.85. The van der Waals surface area contributed by atoms with Crippen molar-refractivity contribution >= 4 is 5.96 Å². The zero-order valence-corrected chi connectivity index (χ0v) is 15.0. The second kappa shape index (κ2) is 8.31. The van der Waals surface area contributed by atoms with Crippen LogP contribution in [0.15, 0.2) is 16.6 Å². The molecule has 6 nitrogen and oxygen atoms in total.